The molecule has 0 bridgehead atoms. The molecule has 2 aromatic rings. The van der Waals surface area contributed by atoms with Crippen LogP contribution < -0.4 is 9.46 Å². The Morgan fingerprint density at radius 1 is 1.35 bits per heavy atom. The zero-order valence-corrected chi connectivity index (χ0v) is 16.2. The van der Waals surface area contributed by atoms with E-state index in [4.69, 9.17) is 9.47 Å². The summed E-state index contributed by atoms with van der Waals surface area (Å²) in [4.78, 5) is 0.165. The summed E-state index contributed by atoms with van der Waals surface area (Å²) in [5, 5.41) is 3.95. The third kappa shape index (κ3) is 3.77. The van der Waals surface area contributed by atoms with Crippen molar-refractivity contribution in [1.82, 2.24) is 14.5 Å². The third-order valence-electron chi connectivity index (χ3n) is 4.97. The molecule has 0 unspecified atom stereocenters. The highest BCUT2D eigenvalue weighted by molar-refractivity contribution is 7.89. The molecule has 0 atom stereocenters. The molecule has 1 aromatic heterocycles. The number of rotatable bonds is 6. The molecular formula is C18H25N3O4S. The number of aryl methyl sites for hydroxylation is 2. The van der Waals surface area contributed by atoms with Gasteiger partial charge in [-0.25, -0.2) is 13.1 Å². The number of benzene rings is 1. The van der Waals surface area contributed by atoms with Gasteiger partial charge in [-0.2, -0.15) is 5.10 Å². The Bertz CT molecular complexity index is 870. The first-order chi connectivity index (χ1) is 12.4. The standard InChI is InChI=1S/C18H25N3O4S/c1-14-4-5-17(24-3)16(10-14)18(6-8-25-9-7-18)13-20-26(22,23)15-11-19-21(2)12-15/h4-5,10-12,20H,6-9,13H2,1-3H3. The van der Waals surface area contributed by atoms with Gasteiger partial charge < -0.3 is 9.47 Å². The molecule has 0 spiro atoms. The average Bonchev–Trinajstić information content (AvgIpc) is 3.08. The minimum atomic E-state index is -3.63. The second kappa shape index (κ2) is 7.38. The summed E-state index contributed by atoms with van der Waals surface area (Å²) in [5.41, 5.74) is 1.77. The fourth-order valence-corrected chi connectivity index (χ4v) is 4.50. The van der Waals surface area contributed by atoms with Crippen LogP contribution in [-0.4, -0.2) is 45.1 Å². The molecule has 3 rings (SSSR count). The summed E-state index contributed by atoms with van der Waals surface area (Å²) >= 11 is 0. The minimum Gasteiger partial charge on any atom is -0.496 e. The van der Waals surface area contributed by atoms with E-state index in [-0.39, 0.29) is 16.9 Å². The highest BCUT2D eigenvalue weighted by atomic mass is 32.2. The highest BCUT2D eigenvalue weighted by Crippen LogP contribution is 2.40. The topological polar surface area (TPSA) is 82.5 Å². The van der Waals surface area contributed by atoms with Gasteiger partial charge in [0.25, 0.3) is 0 Å². The summed E-state index contributed by atoms with van der Waals surface area (Å²) in [6.45, 7) is 3.49. The Labute approximate surface area is 154 Å². The van der Waals surface area contributed by atoms with E-state index in [2.05, 4.69) is 15.9 Å². The molecule has 0 aliphatic carbocycles. The Balaban J connectivity index is 1.93. The summed E-state index contributed by atoms with van der Waals surface area (Å²) < 4.78 is 40.7. The Hall–Kier alpha value is -1.90. The lowest BCUT2D eigenvalue weighted by Gasteiger charge is -2.38. The Kier molecular flexibility index (Phi) is 5.36. The largest absolute Gasteiger partial charge is 0.496 e. The maximum atomic E-state index is 12.7. The third-order valence-corrected chi connectivity index (χ3v) is 6.32. The van der Waals surface area contributed by atoms with Crippen molar-refractivity contribution in [3.8, 4) is 5.75 Å². The van der Waals surface area contributed by atoms with Gasteiger partial charge in [0.15, 0.2) is 0 Å². The summed E-state index contributed by atoms with van der Waals surface area (Å²) in [5.74, 6) is 0.776. The fraction of sp³-hybridized carbons (Fsp3) is 0.500. The number of nitrogens with zero attached hydrogens (tertiary/aromatic N) is 2. The lowest BCUT2D eigenvalue weighted by Crippen LogP contribution is -2.44. The molecule has 7 nitrogen and oxygen atoms in total. The lowest BCUT2D eigenvalue weighted by atomic mass is 9.73. The molecule has 1 aliphatic rings. The van der Waals surface area contributed by atoms with Crippen LogP contribution in [0.15, 0.2) is 35.5 Å². The van der Waals surface area contributed by atoms with Crippen LogP contribution in [0.3, 0.4) is 0 Å². The molecule has 26 heavy (non-hydrogen) atoms. The number of aromatic nitrogens is 2. The van der Waals surface area contributed by atoms with Gasteiger partial charge >= 0.3 is 0 Å². The van der Waals surface area contributed by atoms with Crippen LogP contribution in [0.4, 0.5) is 0 Å². The molecule has 1 N–H and O–H groups in total. The van der Waals surface area contributed by atoms with Gasteiger partial charge in [0.05, 0.1) is 13.3 Å². The van der Waals surface area contributed by atoms with Gasteiger partial charge in [0.1, 0.15) is 10.6 Å². The van der Waals surface area contributed by atoms with Crippen molar-refractivity contribution in [2.45, 2.75) is 30.1 Å². The van der Waals surface area contributed by atoms with Gasteiger partial charge in [-0.3, -0.25) is 4.68 Å². The first-order valence-corrected chi connectivity index (χ1v) is 10.1. The monoisotopic (exact) mass is 379 g/mol. The zero-order chi connectivity index (χ0) is 18.8. The predicted molar refractivity (Wildman–Crippen MR) is 97.9 cm³/mol. The number of hydrogen-bond donors (Lipinski definition) is 1. The number of methoxy groups -OCH3 is 1. The summed E-state index contributed by atoms with van der Waals surface area (Å²) in [7, 11) is -0.299. The van der Waals surface area contributed by atoms with E-state index in [1.165, 1.54) is 17.1 Å². The highest BCUT2D eigenvalue weighted by Gasteiger charge is 2.38. The SMILES string of the molecule is COc1ccc(C)cc1C1(CNS(=O)(=O)c2cnn(C)c2)CCOCC1. The summed E-state index contributed by atoms with van der Waals surface area (Å²) in [6.07, 6.45) is 4.29. The molecule has 142 valence electrons. The van der Waals surface area contributed by atoms with Crippen molar-refractivity contribution < 1.29 is 17.9 Å². The predicted octanol–water partition coefficient (Wildman–Crippen LogP) is 1.76. The number of sulfonamides is 1. The molecule has 1 fully saturated rings. The maximum Gasteiger partial charge on any atom is 0.243 e. The van der Waals surface area contributed by atoms with Gasteiger partial charge in [0.2, 0.25) is 10.0 Å². The van der Waals surface area contributed by atoms with E-state index in [1.54, 1.807) is 14.2 Å². The maximum absolute atomic E-state index is 12.7. The van der Waals surface area contributed by atoms with Crippen LogP contribution in [-0.2, 0) is 27.2 Å². The minimum absolute atomic E-state index is 0.165. The van der Waals surface area contributed by atoms with Crippen LogP contribution >= 0.6 is 0 Å². The van der Waals surface area contributed by atoms with Crippen molar-refractivity contribution in [1.29, 1.82) is 0 Å². The normalized spacial score (nSPS) is 17.2. The van der Waals surface area contributed by atoms with Crippen LogP contribution in [0.1, 0.15) is 24.0 Å². The Morgan fingerprint density at radius 3 is 2.69 bits per heavy atom. The van der Waals surface area contributed by atoms with E-state index >= 15 is 0 Å². The van der Waals surface area contributed by atoms with E-state index in [9.17, 15) is 8.42 Å². The molecule has 1 aromatic carbocycles. The second-order valence-corrected chi connectivity index (χ2v) is 8.54. The van der Waals surface area contributed by atoms with E-state index in [0.29, 0.717) is 13.2 Å². The van der Waals surface area contributed by atoms with Crippen molar-refractivity contribution in [2.75, 3.05) is 26.9 Å². The first kappa shape index (κ1) is 18.9. The smallest absolute Gasteiger partial charge is 0.243 e. The zero-order valence-electron chi connectivity index (χ0n) is 15.4. The first-order valence-electron chi connectivity index (χ1n) is 8.57. The van der Waals surface area contributed by atoms with Crippen molar-refractivity contribution in [2.24, 2.45) is 7.05 Å². The van der Waals surface area contributed by atoms with Crippen LogP contribution in [0.5, 0.6) is 5.75 Å². The van der Waals surface area contributed by atoms with Gasteiger partial charge in [0, 0.05) is 44.0 Å². The number of hydrogen-bond acceptors (Lipinski definition) is 5. The molecule has 1 saturated heterocycles. The molecule has 0 saturated carbocycles. The average molecular weight is 379 g/mol. The van der Waals surface area contributed by atoms with Crippen molar-refractivity contribution >= 4 is 10.0 Å². The summed E-state index contributed by atoms with van der Waals surface area (Å²) in [6, 6.07) is 6.02. The molecular weight excluding hydrogens is 354 g/mol. The fourth-order valence-electron chi connectivity index (χ4n) is 3.39. The van der Waals surface area contributed by atoms with Crippen LogP contribution in [0.2, 0.25) is 0 Å². The van der Waals surface area contributed by atoms with Crippen molar-refractivity contribution in [3.63, 3.8) is 0 Å². The van der Waals surface area contributed by atoms with E-state index < -0.39 is 10.0 Å². The molecule has 0 amide bonds. The molecule has 0 radical (unpaired) electrons. The lowest BCUT2D eigenvalue weighted by molar-refractivity contribution is 0.0508. The van der Waals surface area contributed by atoms with Gasteiger partial charge in [-0.05, 0) is 25.8 Å². The van der Waals surface area contributed by atoms with Crippen LogP contribution in [0, 0.1) is 6.92 Å². The van der Waals surface area contributed by atoms with Crippen molar-refractivity contribution in [3.05, 3.63) is 41.7 Å². The number of ether oxygens (including phenoxy) is 2. The van der Waals surface area contributed by atoms with E-state index in [1.807, 2.05) is 19.1 Å². The van der Waals surface area contributed by atoms with Crippen LogP contribution in [0.25, 0.3) is 0 Å². The molecule has 8 heteroatoms. The molecule has 2 heterocycles. The molecule has 1 aliphatic heterocycles. The quantitative estimate of drug-likeness (QED) is 0.827. The Morgan fingerprint density at radius 2 is 2.08 bits per heavy atom. The second-order valence-electron chi connectivity index (χ2n) is 6.77. The number of nitrogens with one attached hydrogen (secondary N) is 1. The van der Waals surface area contributed by atoms with Gasteiger partial charge in [-0.1, -0.05) is 17.7 Å². The van der Waals surface area contributed by atoms with Gasteiger partial charge in [-0.15, -0.1) is 0 Å². The van der Waals surface area contributed by atoms with E-state index in [0.717, 1.165) is 29.7 Å².